The van der Waals surface area contributed by atoms with Crippen molar-refractivity contribution in [2.45, 2.75) is 19.9 Å². The number of nitrogens with zero attached hydrogens (tertiary/aromatic N) is 2. The van der Waals surface area contributed by atoms with E-state index >= 15 is 0 Å². The van der Waals surface area contributed by atoms with Crippen LogP contribution in [0.1, 0.15) is 19.0 Å². The second kappa shape index (κ2) is 5.98. The molecule has 1 heterocycles. The lowest BCUT2D eigenvalue weighted by Gasteiger charge is -2.06. The Morgan fingerprint density at radius 2 is 2.57 bits per heavy atom. The largest absolute Gasteiger partial charge is 0.364 e. The third kappa shape index (κ3) is 3.44. The van der Waals surface area contributed by atoms with Crippen LogP contribution in [0.2, 0.25) is 0 Å². The number of hydrogen-bond donors (Lipinski definition) is 3. The molecule has 0 atom stereocenters. The summed E-state index contributed by atoms with van der Waals surface area (Å²) in [6, 6.07) is 1.76. The van der Waals surface area contributed by atoms with Crippen molar-refractivity contribution in [1.29, 1.82) is 0 Å². The Kier molecular flexibility index (Phi) is 4.49. The van der Waals surface area contributed by atoms with E-state index in [-0.39, 0.29) is 0 Å². The Morgan fingerprint density at radius 3 is 3.14 bits per heavy atom. The van der Waals surface area contributed by atoms with Crippen LogP contribution >= 0.6 is 0 Å². The fourth-order valence-electron chi connectivity index (χ4n) is 0.875. The Hall–Kier alpha value is -1.56. The van der Waals surface area contributed by atoms with Gasteiger partial charge in [-0.1, -0.05) is 12.1 Å². The van der Waals surface area contributed by atoms with Crippen LogP contribution in [0, 0.1) is 0 Å². The molecule has 0 bridgehead atoms. The maximum Gasteiger partial charge on any atom is 0.206 e. The van der Waals surface area contributed by atoms with Crippen molar-refractivity contribution in [1.82, 2.24) is 15.9 Å². The van der Waals surface area contributed by atoms with Crippen LogP contribution in [0.4, 0.5) is 0 Å². The molecule has 0 aliphatic heterocycles. The SMILES string of the molecule is CCCNC(=NCc1ccon1)NN. The summed E-state index contributed by atoms with van der Waals surface area (Å²) >= 11 is 0. The van der Waals surface area contributed by atoms with Gasteiger partial charge in [0.2, 0.25) is 5.96 Å². The second-order valence-corrected chi connectivity index (χ2v) is 2.73. The van der Waals surface area contributed by atoms with Crippen LogP contribution in [0.3, 0.4) is 0 Å². The van der Waals surface area contributed by atoms with Gasteiger partial charge in [0.1, 0.15) is 12.0 Å². The summed E-state index contributed by atoms with van der Waals surface area (Å²) in [6.45, 7) is 3.35. The summed E-state index contributed by atoms with van der Waals surface area (Å²) < 4.78 is 4.67. The van der Waals surface area contributed by atoms with Crippen molar-refractivity contribution in [3.8, 4) is 0 Å². The standard InChI is InChI=1S/C8H15N5O/c1-2-4-10-8(12-9)11-6-7-3-5-14-13-7/h3,5H,2,4,6,9H2,1H3,(H2,10,11,12). The topological polar surface area (TPSA) is 88.5 Å². The Morgan fingerprint density at radius 1 is 1.71 bits per heavy atom. The highest BCUT2D eigenvalue weighted by Gasteiger charge is 1.96. The minimum atomic E-state index is 0.451. The summed E-state index contributed by atoms with van der Waals surface area (Å²) in [5, 5.41) is 6.76. The van der Waals surface area contributed by atoms with E-state index in [0.717, 1.165) is 18.7 Å². The Labute approximate surface area is 82.5 Å². The van der Waals surface area contributed by atoms with Gasteiger partial charge >= 0.3 is 0 Å². The molecule has 4 N–H and O–H groups in total. The predicted molar refractivity (Wildman–Crippen MR) is 53.3 cm³/mol. The molecule has 0 aliphatic rings. The first-order valence-corrected chi connectivity index (χ1v) is 4.51. The van der Waals surface area contributed by atoms with Crippen LogP contribution in [-0.4, -0.2) is 17.7 Å². The normalized spacial score (nSPS) is 11.4. The predicted octanol–water partition coefficient (Wildman–Crippen LogP) is -0.00650. The fourth-order valence-corrected chi connectivity index (χ4v) is 0.875. The molecule has 1 aromatic rings. The first-order valence-electron chi connectivity index (χ1n) is 4.51. The Balaban J connectivity index is 2.39. The van der Waals surface area contributed by atoms with E-state index in [1.165, 1.54) is 6.26 Å². The molecule has 0 spiro atoms. The first kappa shape index (κ1) is 10.5. The zero-order valence-electron chi connectivity index (χ0n) is 8.16. The molecule has 6 nitrogen and oxygen atoms in total. The van der Waals surface area contributed by atoms with Crippen molar-refractivity contribution in [3.63, 3.8) is 0 Å². The van der Waals surface area contributed by atoms with E-state index < -0.39 is 0 Å². The van der Waals surface area contributed by atoms with E-state index in [2.05, 4.69) is 32.3 Å². The average Bonchev–Trinajstić information content (AvgIpc) is 2.71. The molecule has 0 saturated heterocycles. The maximum atomic E-state index is 5.27. The van der Waals surface area contributed by atoms with Crippen molar-refractivity contribution in [3.05, 3.63) is 18.0 Å². The third-order valence-electron chi connectivity index (χ3n) is 1.57. The van der Waals surface area contributed by atoms with E-state index in [0.29, 0.717) is 12.5 Å². The molecule has 14 heavy (non-hydrogen) atoms. The molecule has 0 radical (unpaired) electrons. The molecule has 78 valence electrons. The number of aliphatic imine (C=N–C) groups is 1. The first-order chi connectivity index (χ1) is 6.86. The van der Waals surface area contributed by atoms with Gasteiger partial charge in [-0.15, -0.1) is 0 Å². The summed E-state index contributed by atoms with van der Waals surface area (Å²) in [6.07, 6.45) is 2.53. The molecule has 1 rings (SSSR count). The molecule has 6 heteroatoms. The Bertz CT molecular complexity index is 269. The van der Waals surface area contributed by atoms with E-state index in [9.17, 15) is 0 Å². The van der Waals surface area contributed by atoms with Gasteiger partial charge in [0.25, 0.3) is 0 Å². The van der Waals surface area contributed by atoms with E-state index in [1.807, 2.05) is 0 Å². The summed E-state index contributed by atoms with van der Waals surface area (Å²) in [5.41, 5.74) is 3.25. The highest BCUT2D eigenvalue weighted by Crippen LogP contribution is 1.95. The highest BCUT2D eigenvalue weighted by molar-refractivity contribution is 5.79. The quantitative estimate of drug-likeness (QED) is 0.273. The van der Waals surface area contributed by atoms with Gasteiger partial charge < -0.3 is 9.84 Å². The number of nitrogens with one attached hydrogen (secondary N) is 2. The summed E-state index contributed by atoms with van der Waals surface area (Å²) in [5.74, 6) is 5.83. The van der Waals surface area contributed by atoms with Crippen LogP contribution in [0.25, 0.3) is 0 Å². The zero-order valence-corrected chi connectivity index (χ0v) is 8.16. The minimum absolute atomic E-state index is 0.451. The third-order valence-corrected chi connectivity index (χ3v) is 1.57. The van der Waals surface area contributed by atoms with Gasteiger partial charge in [0.05, 0.1) is 6.54 Å². The molecule has 0 aromatic carbocycles. The van der Waals surface area contributed by atoms with E-state index in [1.54, 1.807) is 6.07 Å². The number of aromatic nitrogens is 1. The minimum Gasteiger partial charge on any atom is -0.364 e. The van der Waals surface area contributed by atoms with Crippen LogP contribution in [0.15, 0.2) is 21.8 Å². The zero-order chi connectivity index (χ0) is 10.2. The molecule has 0 fully saturated rings. The van der Waals surface area contributed by atoms with Gasteiger partial charge in [-0.05, 0) is 6.42 Å². The van der Waals surface area contributed by atoms with E-state index in [4.69, 9.17) is 5.84 Å². The number of hydrazine groups is 1. The van der Waals surface area contributed by atoms with Gasteiger partial charge in [-0.3, -0.25) is 5.43 Å². The van der Waals surface area contributed by atoms with Crippen molar-refractivity contribution in [2.24, 2.45) is 10.8 Å². The van der Waals surface area contributed by atoms with Gasteiger partial charge in [0, 0.05) is 12.6 Å². The van der Waals surface area contributed by atoms with Crippen molar-refractivity contribution < 1.29 is 4.52 Å². The van der Waals surface area contributed by atoms with Crippen LogP contribution in [0.5, 0.6) is 0 Å². The molecule has 0 aliphatic carbocycles. The number of hydrogen-bond acceptors (Lipinski definition) is 4. The lowest BCUT2D eigenvalue weighted by Crippen LogP contribution is -2.41. The second-order valence-electron chi connectivity index (χ2n) is 2.73. The van der Waals surface area contributed by atoms with Gasteiger partial charge in [-0.25, -0.2) is 10.8 Å². The van der Waals surface area contributed by atoms with Crippen LogP contribution < -0.4 is 16.6 Å². The molecule has 0 saturated carbocycles. The smallest absolute Gasteiger partial charge is 0.206 e. The lowest BCUT2D eigenvalue weighted by molar-refractivity contribution is 0.412. The van der Waals surface area contributed by atoms with Crippen molar-refractivity contribution in [2.75, 3.05) is 6.54 Å². The number of rotatable bonds is 4. The van der Waals surface area contributed by atoms with Gasteiger partial charge in [0.15, 0.2) is 0 Å². The number of guanidine groups is 1. The molecule has 0 unspecified atom stereocenters. The van der Waals surface area contributed by atoms with Crippen molar-refractivity contribution >= 4 is 5.96 Å². The molecular weight excluding hydrogens is 182 g/mol. The van der Waals surface area contributed by atoms with Crippen LogP contribution in [-0.2, 0) is 6.54 Å². The molecule has 1 aromatic heterocycles. The fraction of sp³-hybridized carbons (Fsp3) is 0.500. The molecular formula is C8H15N5O. The lowest BCUT2D eigenvalue weighted by atomic mass is 10.4. The average molecular weight is 197 g/mol. The highest BCUT2D eigenvalue weighted by atomic mass is 16.5. The summed E-state index contributed by atoms with van der Waals surface area (Å²) in [7, 11) is 0. The number of nitrogens with two attached hydrogens (primary N) is 1. The maximum absolute atomic E-state index is 5.27. The summed E-state index contributed by atoms with van der Waals surface area (Å²) in [4.78, 5) is 4.17. The van der Waals surface area contributed by atoms with Gasteiger partial charge in [-0.2, -0.15) is 0 Å². The monoisotopic (exact) mass is 197 g/mol. The molecule has 0 amide bonds.